The summed E-state index contributed by atoms with van der Waals surface area (Å²) in [6.45, 7) is 0. The SMILES string of the molecule is c1ccc2cc3c(Cc4cccc5cc6ccccc6cc45)cccc3cc2c1. The summed E-state index contributed by atoms with van der Waals surface area (Å²) in [5, 5.41) is 10.5. The van der Waals surface area contributed by atoms with Gasteiger partial charge < -0.3 is 0 Å². The lowest BCUT2D eigenvalue weighted by Crippen LogP contribution is -1.92. The highest BCUT2D eigenvalue weighted by Crippen LogP contribution is 2.30. The van der Waals surface area contributed by atoms with Crippen LogP contribution in [0.15, 0.2) is 109 Å². The van der Waals surface area contributed by atoms with Crippen molar-refractivity contribution in [3.63, 3.8) is 0 Å². The lowest BCUT2D eigenvalue weighted by molar-refractivity contribution is 1.24. The Hall–Kier alpha value is -3.64. The van der Waals surface area contributed by atoms with Gasteiger partial charge in [-0.05, 0) is 84.9 Å². The molecule has 0 radical (unpaired) electrons. The van der Waals surface area contributed by atoms with Crippen molar-refractivity contribution in [3.8, 4) is 0 Å². The second-order valence-corrected chi connectivity index (χ2v) is 7.85. The fourth-order valence-corrected chi connectivity index (χ4v) is 4.58. The molecule has 0 nitrogen and oxygen atoms in total. The molecule has 0 unspecified atom stereocenters. The number of hydrogen-bond donors (Lipinski definition) is 0. The van der Waals surface area contributed by atoms with E-state index in [-0.39, 0.29) is 0 Å². The summed E-state index contributed by atoms with van der Waals surface area (Å²) in [7, 11) is 0. The molecule has 0 fully saturated rings. The third-order valence-electron chi connectivity index (χ3n) is 6.05. The molecule has 6 rings (SSSR count). The van der Waals surface area contributed by atoms with Crippen LogP contribution in [-0.2, 0) is 6.42 Å². The Morgan fingerprint density at radius 3 is 1.17 bits per heavy atom. The highest BCUT2D eigenvalue weighted by Gasteiger charge is 2.08. The fraction of sp³-hybridized carbons (Fsp3) is 0.0345. The summed E-state index contributed by atoms with van der Waals surface area (Å²) in [5.41, 5.74) is 2.77. The van der Waals surface area contributed by atoms with Crippen molar-refractivity contribution >= 4 is 43.1 Å². The summed E-state index contributed by atoms with van der Waals surface area (Å²) >= 11 is 0. The summed E-state index contributed by atoms with van der Waals surface area (Å²) in [4.78, 5) is 0. The molecule has 0 spiro atoms. The van der Waals surface area contributed by atoms with Gasteiger partial charge in [-0.2, -0.15) is 0 Å². The lowest BCUT2D eigenvalue weighted by atomic mass is 9.92. The van der Waals surface area contributed by atoms with Crippen molar-refractivity contribution in [3.05, 3.63) is 120 Å². The van der Waals surface area contributed by atoms with E-state index in [1.165, 1.54) is 54.2 Å². The summed E-state index contributed by atoms with van der Waals surface area (Å²) in [6.07, 6.45) is 0.936. The van der Waals surface area contributed by atoms with Gasteiger partial charge in [-0.15, -0.1) is 0 Å². The smallest absolute Gasteiger partial charge is 0.00135 e. The van der Waals surface area contributed by atoms with E-state index in [1.54, 1.807) is 0 Å². The Bertz CT molecular complexity index is 1400. The molecule has 6 aromatic rings. The first-order valence-corrected chi connectivity index (χ1v) is 10.2. The van der Waals surface area contributed by atoms with Gasteiger partial charge in [0.2, 0.25) is 0 Å². The van der Waals surface area contributed by atoms with Crippen LogP contribution in [0, 0.1) is 0 Å². The van der Waals surface area contributed by atoms with Crippen LogP contribution < -0.4 is 0 Å². The van der Waals surface area contributed by atoms with Gasteiger partial charge >= 0.3 is 0 Å². The van der Waals surface area contributed by atoms with E-state index in [4.69, 9.17) is 0 Å². The van der Waals surface area contributed by atoms with Crippen molar-refractivity contribution in [2.45, 2.75) is 6.42 Å². The van der Waals surface area contributed by atoms with Gasteiger partial charge in [0.1, 0.15) is 0 Å². The molecule has 0 aliphatic rings. The standard InChI is InChI=1S/C29H20/c1-3-9-22-18-28-24(15-20(22)7-1)11-5-13-26(28)17-27-14-6-12-25-16-21-8-2-4-10-23(21)19-29(25)27/h1-16,18-19H,17H2. The second kappa shape index (κ2) is 6.46. The lowest BCUT2D eigenvalue weighted by Gasteiger charge is -2.12. The van der Waals surface area contributed by atoms with Crippen molar-refractivity contribution in [1.29, 1.82) is 0 Å². The molecule has 136 valence electrons. The molecule has 0 bridgehead atoms. The zero-order chi connectivity index (χ0) is 19.2. The molecule has 0 heterocycles. The van der Waals surface area contributed by atoms with E-state index in [0.29, 0.717) is 0 Å². The molecule has 0 saturated heterocycles. The largest absolute Gasteiger partial charge is 0.0616 e. The van der Waals surface area contributed by atoms with Crippen molar-refractivity contribution in [2.24, 2.45) is 0 Å². The first kappa shape index (κ1) is 16.3. The monoisotopic (exact) mass is 368 g/mol. The molecule has 0 amide bonds. The van der Waals surface area contributed by atoms with Crippen molar-refractivity contribution < 1.29 is 0 Å². The number of benzene rings is 6. The fourth-order valence-electron chi connectivity index (χ4n) is 4.58. The number of rotatable bonds is 2. The summed E-state index contributed by atoms with van der Waals surface area (Å²) < 4.78 is 0. The molecule has 29 heavy (non-hydrogen) atoms. The van der Waals surface area contributed by atoms with E-state index >= 15 is 0 Å². The summed E-state index contributed by atoms with van der Waals surface area (Å²) in [5.74, 6) is 0. The number of hydrogen-bond acceptors (Lipinski definition) is 0. The molecule has 0 aromatic heterocycles. The zero-order valence-electron chi connectivity index (χ0n) is 16.1. The van der Waals surface area contributed by atoms with Crippen LogP contribution >= 0.6 is 0 Å². The quantitative estimate of drug-likeness (QED) is 0.273. The van der Waals surface area contributed by atoms with Crippen LogP contribution in [0.2, 0.25) is 0 Å². The second-order valence-electron chi connectivity index (χ2n) is 7.85. The van der Waals surface area contributed by atoms with Crippen LogP contribution in [-0.4, -0.2) is 0 Å². The Kier molecular flexibility index (Phi) is 3.64. The molecule has 0 saturated carbocycles. The minimum atomic E-state index is 0.936. The van der Waals surface area contributed by atoms with Gasteiger partial charge in [0.25, 0.3) is 0 Å². The van der Waals surface area contributed by atoms with Gasteiger partial charge in [-0.3, -0.25) is 0 Å². The topological polar surface area (TPSA) is 0 Å². The minimum Gasteiger partial charge on any atom is -0.0616 e. The van der Waals surface area contributed by atoms with Gasteiger partial charge in [0, 0.05) is 0 Å². The average Bonchev–Trinajstić information content (AvgIpc) is 2.77. The maximum absolute atomic E-state index is 2.35. The minimum absolute atomic E-state index is 0.936. The Morgan fingerprint density at radius 2 is 0.724 bits per heavy atom. The molecule has 6 aromatic carbocycles. The highest BCUT2D eigenvalue weighted by molar-refractivity contribution is 6.01. The third-order valence-corrected chi connectivity index (χ3v) is 6.05. The normalized spacial score (nSPS) is 11.6. The van der Waals surface area contributed by atoms with Crippen LogP contribution in [0.4, 0.5) is 0 Å². The van der Waals surface area contributed by atoms with Crippen LogP contribution in [0.25, 0.3) is 43.1 Å². The predicted octanol–water partition coefficient (Wildman–Crippen LogP) is 7.89. The average molecular weight is 368 g/mol. The predicted molar refractivity (Wildman–Crippen MR) is 126 cm³/mol. The third kappa shape index (κ3) is 2.77. The van der Waals surface area contributed by atoms with E-state index in [2.05, 4.69) is 109 Å². The molecule has 0 heteroatoms. The van der Waals surface area contributed by atoms with E-state index in [9.17, 15) is 0 Å². The van der Waals surface area contributed by atoms with Crippen LogP contribution in [0.5, 0.6) is 0 Å². The van der Waals surface area contributed by atoms with Crippen LogP contribution in [0.1, 0.15) is 11.1 Å². The first-order chi connectivity index (χ1) is 14.3. The van der Waals surface area contributed by atoms with Gasteiger partial charge in [-0.1, -0.05) is 84.9 Å². The molecule has 0 atom stereocenters. The maximum Gasteiger partial charge on any atom is -0.00135 e. The Labute approximate surface area is 170 Å². The Balaban J connectivity index is 1.55. The Morgan fingerprint density at radius 1 is 0.345 bits per heavy atom. The van der Waals surface area contributed by atoms with E-state index in [1.807, 2.05) is 0 Å². The van der Waals surface area contributed by atoms with Gasteiger partial charge in [-0.25, -0.2) is 0 Å². The van der Waals surface area contributed by atoms with E-state index in [0.717, 1.165) is 6.42 Å². The molecule has 0 N–H and O–H groups in total. The molecular formula is C29H20. The van der Waals surface area contributed by atoms with Crippen molar-refractivity contribution in [2.75, 3.05) is 0 Å². The molecule has 0 aliphatic carbocycles. The number of fused-ring (bicyclic) bond motifs is 4. The van der Waals surface area contributed by atoms with E-state index < -0.39 is 0 Å². The van der Waals surface area contributed by atoms with Crippen molar-refractivity contribution in [1.82, 2.24) is 0 Å². The van der Waals surface area contributed by atoms with Gasteiger partial charge in [0.05, 0.1) is 0 Å². The van der Waals surface area contributed by atoms with Crippen LogP contribution in [0.3, 0.4) is 0 Å². The first-order valence-electron chi connectivity index (χ1n) is 10.2. The zero-order valence-corrected chi connectivity index (χ0v) is 16.1. The molecule has 0 aliphatic heterocycles. The highest BCUT2D eigenvalue weighted by atomic mass is 14.1. The summed E-state index contributed by atoms with van der Waals surface area (Å²) in [6, 6.07) is 39.9. The van der Waals surface area contributed by atoms with Gasteiger partial charge in [0.15, 0.2) is 0 Å². The molecular weight excluding hydrogens is 348 g/mol. The maximum atomic E-state index is 2.35.